The van der Waals surface area contributed by atoms with E-state index in [2.05, 4.69) is 44.7 Å². The van der Waals surface area contributed by atoms with E-state index in [4.69, 9.17) is 0 Å². The maximum absolute atomic E-state index is 12.7. The number of sulfonamides is 1. The second kappa shape index (κ2) is 5.67. The summed E-state index contributed by atoms with van der Waals surface area (Å²) in [6.45, 7) is 1.03. The Kier molecular flexibility index (Phi) is 3.89. The van der Waals surface area contributed by atoms with Crippen molar-refractivity contribution in [2.45, 2.75) is 29.1 Å². The third-order valence-electron chi connectivity index (χ3n) is 4.77. The highest BCUT2D eigenvalue weighted by molar-refractivity contribution is 9.11. The number of rotatable bonds is 3. The summed E-state index contributed by atoms with van der Waals surface area (Å²) in [5.74, 6) is 0. The quantitative estimate of drug-likeness (QED) is 0.839. The fourth-order valence-corrected chi connectivity index (χ4v) is 6.94. The van der Waals surface area contributed by atoms with E-state index in [0.717, 1.165) is 28.7 Å². The van der Waals surface area contributed by atoms with Gasteiger partial charge in [0, 0.05) is 18.6 Å². The van der Waals surface area contributed by atoms with Crippen molar-refractivity contribution in [2.75, 3.05) is 13.6 Å². The Balaban J connectivity index is 1.69. The fraction of sp³-hybridized carbons (Fsp3) is 0.375. The Hall–Kier alpha value is -0.730. The molecular weight excluding hydrogens is 396 g/mol. The second-order valence-corrected chi connectivity index (χ2v) is 10.5. The van der Waals surface area contributed by atoms with Crippen LogP contribution in [0.2, 0.25) is 0 Å². The van der Waals surface area contributed by atoms with Crippen LogP contribution in [0.15, 0.2) is 38.3 Å². The number of nitrogens with one attached hydrogen (secondary N) is 1. The van der Waals surface area contributed by atoms with E-state index in [1.54, 1.807) is 12.1 Å². The van der Waals surface area contributed by atoms with Gasteiger partial charge in [0.1, 0.15) is 4.21 Å². The van der Waals surface area contributed by atoms with Gasteiger partial charge in [-0.3, -0.25) is 4.90 Å². The molecule has 0 saturated heterocycles. The summed E-state index contributed by atoms with van der Waals surface area (Å²) in [6, 6.07) is 9.86. The highest BCUT2D eigenvalue weighted by atomic mass is 79.9. The molecule has 23 heavy (non-hydrogen) atoms. The predicted molar refractivity (Wildman–Crippen MR) is 95.2 cm³/mol. The average molecular weight is 413 g/mol. The van der Waals surface area contributed by atoms with Crippen LogP contribution in [0, 0.1) is 0 Å². The first kappa shape index (κ1) is 15.8. The van der Waals surface area contributed by atoms with Crippen LogP contribution in [0.4, 0.5) is 0 Å². The lowest BCUT2D eigenvalue weighted by atomic mass is 9.94. The number of nitrogens with zero attached hydrogens (tertiary/aromatic N) is 1. The molecule has 0 fully saturated rings. The van der Waals surface area contributed by atoms with Crippen LogP contribution < -0.4 is 4.72 Å². The summed E-state index contributed by atoms with van der Waals surface area (Å²) in [5.41, 5.74) is 3.84. The minimum absolute atomic E-state index is 0.152. The molecule has 4 rings (SSSR count). The normalized spacial score (nSPS) is 23.9. The molecule has 0 spiro atoms. The standard InChI is InChI=1S/C16H17BrN2O2S2/c1-19-8-7-10-3-2-4-11-12(9-13(19)16(10)11)18-23(20,21)15-6-5-14(17)22-15/h2-6,12-13,18H,7-9H2,1H3. The second-order valence-electron chi connectivity index (χ2n) is 6.13. The first-order chi connectivity index (χ1) is 11.0. The Labute approximate surface area is 148 Å². The van der Waals surface area contributed by atoms with Crippen LogP contribution in [-0.2, 0) is 16.4 Å². The lowest BCUT2D eigenvalue weighted by Crippen LogP contribution is -2.31. The minimum Gasteiger partial charge on any atom is -0.299 e. The molecule has 1 N–H and O–H groups in total. The molecule has 1 aromatic heterocycles. The van der Waals surface area contributed by atoms with E-state index in [1.807, 2.05) is 6.07 Å². The summed E-state index contributed by atoms with van der Waals surface area (Å²) in [5, 5.41) is 0. The third-order valence-corrected chi connectivity index (χ3v) is 8.36. The van der Waals surface area contributed by atoms with Crippen LogP contribution in [-0.4, -0.2) is 26.9 Å². The Bertz CT molecular complexity index is 863. The van der Waals surface area contributed by atoms with Crippen molar-refractivity contribution < 1.29 is 8.42 Å². The number of hydrogen-bond acceptors (Lipinski definition) is 4. The van der Waals surface area contributed by atoms with Gasteiger partial charge < -0.3 is 0 Å². The van der Waals surface area contributed by atoms with Crippen molar-refractivity contribution in [3.05, 3.63) is 50.8 Å². The van der Waals surface area contributed by atoms with Crippen molar-refractivity contribution in [2.24, 2.45) is 0 Å². The van der Waals surface area contributed by atoms with Crippen molar-refractivity contribution in [3.8, 4) is 0 Å². The topological polar surface area (TPSA) is 49.4 Å². The average Bonchev–Trinajstić information content (AvgIpc) is 3.10. The first-order valence-corrected chi connectivity index (χ1v) is 10.6. The molecule has 2 atom stereocenters. The lowest BCUT2D eigenvalue weighted by molar-refractivity contribution is 0.224. The zero-order chi connectivity index (χ0) is 16.2. The summed E-state index contributed by atoms with van der Waals surface area (Å²) < 4.78 is 29.4. The van der Waals surface area contributed by atoms with E-state index in [0.29, 0.717) is 10.3 Å². The summed E-state index contributed by atoms with van der Waals surface area (Å²) in [4.78, 5) is 2.34. The molecule has 122 valence electrons. The smallest absolute Gasteiger partial charge is 0.250 e. The van der Waals surface area contributed by atoms with Gasteiger partial charge in [0.05, 0.1) is 3.79 Å². The molecule has 4 nitrogen and oxygen atoms in total. The highest BCUT2D eigenvalue weighted by Crippen LogP contribution is 2.46. The van der Waals surface area contributed by atoms with E-state index in [-0.39, 0.29) is 6.04 Å². The maximum Gasteiger partial charge on any atom is 0.250 e. The molecule has 2 unspecified atom stereocenters. The summed E-state index contributed by atoms with van der Waals surface area (Å²) in [6.07, 6.45) is 1.84. The van der Waals surface area contributed by atoms with Gasteiger partial charge in [-0.2, -0.15) is 0 Å². The fourth-order valence-electron chi connectivity index (χ4n) is 3.68. The SMILES string of the molecule is CN1CCc2cccc3c2C1CC3NS(=O)(=O)c1ccc(Br)s1. The van der Waals surface area contributed by atoms with E-state index >= 15 is 0 Å². The van der Waals surface area contributed by atoms with Crippen molar-refractivity contribution in [1.29, 1.82) is 0 Å². The Morgan fingerprint density at radius 3 is 2.87 bits per heavy atom. The maximum atomic E-state index is 12.7. The van der Waals surface area contributed by atoms with Gasteiger partial charge in [0.15, 0.2) is 0 Å². The molecular formula is C16H17BrN2O2S2. The monoisotopic (exact) mass is 412 g/mol. The molecule has 0 saturated carbocycles. The molecule has 1 aromatic carbocycles. The van der Waals surface area contributed by atoms with Gasteiger partial charge >= 0.3 is 0 Å². The summed E-state index contributed by atoms with van der Waals surface area (Å²) >= 11 is 4.57. The number of likely N-dealkylation sites (N-methyl/N-ethyl adjacent to an activating group) is 1. The number of halogens is 1. The zero-order valence-electron chi connectivity index (χ0n) is 12.6. The molecule has 0 amide bonds. The van der Waals surface area contributed by atoms with Crippen LogP contribution >= 0.6 is 27.3 Å². The Morgan fingerprint density at radius 1 is 1.30 bits per heavy atom. The number of hydrogen-bond donors (Lipinski definition) is 1. The molecule has 1 aliphatic carbocycles. The molecule has 0 radical (unpaired) electrons. The van der Waals surface area contributed by atoms with Gasteiger partial charge in [-0.25, -0.2) is 13.1 Å². The predicted octanol–water partition coefficient (Wildman–Crippen LogP) is 3.46. The van der Waals surface area contributed by atoms with Crippen LogP contribution in [0.1, 0.15) is 35.2 Å². The molecule has 2 aromatic rings. The first-order valence-electron chi connectivity index (χ1n) is 7.55. The molecule has 1 aliphatic heterocycles. The molecule has 7 heteroatoms. The van der Waals surface area contributed by atoms with E-state index in [1.165, 1.54) is 22.5 Å². The van der Waals surface area contributed by atoms with E-state index < -0.39 is 10.0 Å². The summed E-state index contributed by atoms with van der Waals surface area (Å²) in [7, 11) is -1.36. The number of thiophene rings is 1. The van der Waals surface area contributed by atoms with Crippen molar-refractivity contribution >= 4 is 37.3 Å². The van der Waals surface area contributed by atoms with Gasteiger partial charge in [-0.15, -0.1) is 11.3 Å². The number of benzene rings is 1. The molecule has 2 heterocycles. The minimum atomic E-state index is -3.49. The van der Waals surface area contributed by atoms with E-state index in [9.17, 15) is 8.42 Å². The van der Waals surface area contributed by atoms with Gasteiger partial charge in [-0.1, -0.05) is 18.2 Å². The molecule has 2 aliphatic rings. The van der Waals surface area contributed by atoms with Gasteiger partial charge in [-0.05, 0) is 64.6 Å². The lowest BCUT2D eigenvalue weighted by Gasteiger charge is -2.31. The van der Waals surface area contributed by atoms with Gasteiger partial charge in [0.2, 0.25) is 0 Å². The Morgan fingerprint density at radius 2 is 2.13 bits per heavy atom. The third kappa shape index (κ3) is 2.68. The van der Waals surface area contributed by atoms with Crippen molar-refractivity contribution in [1.82, 2.24) is 9.62 Å². The van der Waals surface area contributed by atoms with Crippen molar-refractivity contribution in [3.63, 3.8) is 0 Å². The van der Waals surface area contributed by atoms with Crippen LogP contribution in [0.3, 0.4) is 0 Å². The highest BCUT2D eigenvalue weighted by Gasteiger charge is 2.39. The van der Waals surface area contributed by atoms with Crippen LogP contribution in [0.25, 0.3) is 0 Å². The largest absolute Gasteiger partial charge is 0.299 e. The van der Waals surface area contributed by atoms with Crippen LogP contribution in [0.5, 0.6) is 0 Å². The van der Waals surface area contributed by atoms with Gasteiger partial charge in [0.25, 0.3) is 10.0 Å². The zero-order valence-corrected chi connectivity index (χ0v) is 15.8. The molecule has 0 bridgehead atoms.